The average molecular weight is 162 g/mol. The van der Waals surface area contributed by atoms with Gasteiger partial charge in [0.15, 0.2) is 0 Å². The van der Waals surface area contributed by atoms with Crippen molar-refractivity contribution in [3.8, 4) is 0 Å². The van der Waals surface area contributed by atoms with Gasteiger partial charge in [0.25, 0.3) is 0 Å². The molecule has 1 aliphatic rings. The molecule has 0 amide bonds. The highest BCUT2D eigenvalue weighted by atomic mass is 16.3. The third kappa shape index (κ3) is 1.51. The maximum atomic E-state index is 8.74. The van der Waals surface area contributed by atoms with Gasteiger partial charge in [0.1, 0.15) is 0 Å². The van der Waals surface area contributed by atoms with Gasteiger partial charge in [-0.3, -0.25) is 0 Å². The molecule has 0 spiro atoms. The lowest BCUT2D eigenvalue weighted by atomic mass is 10.1. The molecule has 0 saturated heterocycles. The molecule has 0 heterocycles. The summed E-state index contributed by atoms with van der Waals surface area (Å²) < 4.78 is 0. The molecule has 0 unspecified atom stereocenters. The van der Waals surface area contributed by atoms with Gasteiger partial charge in [-0.15, -0.1) is 0 Å². The second-order valence-electron chi connectivity index (χ2n) is 3.53. The summed E-state index contributed by atoms with van der Waals surface area (Å²) in [6.07, 6.45) is 2.24. The molecule has 2 rings (SSSR count). The van der Waals surface area contributed by atoms with Crippen LogP contribution in [-0.4, -0.2) is 11.7 Å². The second-order valence-corrected chi connectivity index (χ2v) is 3.53. The lowest BCUT2D eigenvalue weighted by Gasteiger charge is -1.97. The average Bonchev–Trinajstić information content (AvgIpc) is 2.87. The fraction of sp³-hybridized carbons (Fsp3) is 0.455. The summed E-state index contributed by atoms with van der Waals surface area (Å²) in [4.78, 5) is 0. The first-order valence-corrected chi connectivity index (χ1v) is 4.57. The molecule has 1 heteroatoms. The van der Waals surface area contributed by atoms with Crippen molar-refractivity contribution in [1.82, 2.24) is 0 Å². The zero-order valence-electron chi connectivity index (χ0n) is 7.11. The molecule has 0 aromatic heterocycles. The van der Waals surface area contributed by atoms with Crippen molar-refractivity contribution in [1.29, 1.82) is 0 Å². The van der Waals surface area contributed by atoms with Gasteiger partial charge in [0.2, 0.25) is 0 Å². The zero-order valence-corrected chi connectivity index (χ0v) is 7.11. The first-order valence-electron chi connectivity index (χ1n) is 4.57. The number of benzene rings is 1. The maximum Gasteiger partial charge on any atom is 0.0433 e. The number of rotatable bonds is 3. The van der Waals surface area contributed by atoms with E-state index in [1.807, 2.05) is 6.07 Å². The molecule has 1 aromatic rings. The van der Waals surface area contributed by atoms with E-state index in [1.165, 1.54) is 12.0 Å². The molecule has 1 N–H and O–H groups in total. The second kappa shape index (κ2) is 3.28. The molecule has 2 atom stereocenters. The first kappa shape index (κ1) is 7.81. The van der Waals surface area contributed by atoms with E-state index in [0.29, 0.717) is 6.61 Å². The number of hydrogen-bond donors (Lipinski definition) is 1. The predicted octanol–water partition coefficient (Wildman–Crippen LogP) is 2.17. The Balaban J connectivity index is 1.97. The van der Waals surface area contributed by atoms with Crippen LogP contribution < -0.4 is 0 Å². The van der Waals surface area contributed by atoms with Gasteiger partial charge in [-0.25, -0.2) is 0 Å². The summed E-state index contributed by atoms with van der Waals surface area (Å²) in [6, 6.07) is 10.6. The molecular formula is C11H14O. The van der Waals surface area contributed by atoms with Crippen LogP contribution in [0.3, 0.4) is 0 Å². The number of aliphatic hydroxyl groups excluding tert-OH is 1. The molecule has 64 valence electrons. The third-order valence-electron chi connectivity index (χ3n) is 2.65. The lowest BCUT2D eigenvalue weighted by Crippen LogP contribution is -1.87. The summed E-state index contributed by atoms with van der Waals surface area (Å²) in [7, 11) is 0. The summed E-state index contributed by atoms with van der Waals surface area (Å²) in [5.41, 5.74) is 1.44. The van der Waals surface area contributed by atoms with Crippen molar-refractivity contribution in [2.45, 2.75) is 18.8 Å². The summed E-state index contributed by atoms with van der Waals surface area (Å²) in [6.45, 7) is 0.341. The lowest BCUT2D eigenvalue weighted by molar-refractivity contribution is 0.279. The largest absolute Gasteiger partial charge is 0.396 e. The van der Waals surface area contributed by atoms with Gasteiger partial charge in [-0.1, -0.05) is 30.3 Å². The van der Waals surface area contributed by atoms with Crippen LogP contribution in [0.2, 0.25) is 0 Å². The van der Waals surface area contributed by atoms with Crippen LogP contribution in [0, 0.1) is 5.92 Å². The van der Waals surface area contributed by atoms with Gasteiger partial charge in [0.05, 0.1) is 0 Å². The van der Waals surface area contributed by atoms with Crippen LogP contribution in [0.25, 0.3) is 0 Å². The minimum absolute atomic E-state index is 0.341. The van der Waals surface area contributed by atoms with E-state index in [0.717, 1.165) is 18.3 Å². The van der Waals surface area contributed by atoms with Crippen LogP contribution in [0.5, 0.6) is 0 Å². The van der Waals surface area contributed by atoms with Crippen molar-refractivity contribution in [3.63, 3.8) is 0 Å². The van der Waals surface area contributed by atoms with E-state index in [-0.39, 0.29) is 0 Å². The minimum Gasteiger partial charge on any atom is -0.396 e. The van der Waals surface area contributed by atoms with Crippen LogP contribution >= 0.6 is 0 Å². The van der Waals surface area contributed by atoms with Gasteiger partial charge >= 0.3 is 0 Å². The van der Waals surface area contributed by atoms with E-state index in [2.05, 4.69) is 24.3 Å². The number of aliphatic hydroxyl groups is 1. The molecule has 0 radical (unpaired) electrons. The monoisotopic (exact) mass is 162 g/mol. The van der Waals surface area contributed by atoms with E-state index in [4.69, 9.17) is 5.11 Å². The van der Waals surface area contributed by atoms with Crippen molar-refractivity contribution < 1.29 is 5.11 Å². The van der Waals surface area contributed by atoms with Crippen molar-refractivity contribution in [3.05, 3.63) is 35.9 Å². The fourth-order valence-corrected chi connectivity index (χ4v) is 1.84. The molecule has 0 aliphatic heterocycles. The summed E-state index contributed by atoms with van der Waals surface area (Å²) >= 11 is 0. The minimum atomic E-state index is 0.341. The summed E-state index contributed by atoms with van der Waals surface area (Å²) in [5.74, 6) is 1.48. The van der Waals surface area contributed by atoms with Crippen LogP contribution in [0.1, 0.15) is 24.3 Å². The molecule has 0 bridgehead atoms. The Labute approximate surface area is 73.0 Å². The quantitative estimate of drug-likeness (QED) is 0.722. The Morgan fingerprint density at radius 3 is 2.67 bits per heavy atom. The van der Waals surface area contributed by atoms with E-state index >= 15 is 0 Å². The van der Waals surface area contributed by atoms with Crippen LogP contribution in [0.4, 0.5) is 0 Å². The molecular weight excluding hydrogens is 148 g/mol. The van der Waals surface area contributed by atoms with Crippen molar-refractivity contribution >= 4 is 0 Å². The molecule has 12 heavy (non-hydrogen) atoms. The molecule has 1 aliphatic carbocycles. The van der Waals surface area contributed by atoms with E-state index in [9.17, 15) is 0 Å². The Hall–Kier alpha value is -0.820. The highest BCUT2D eigenvalue weighted by Gasteiger charge is 2.36. The van der Waals surface area contributed by atoms with Gasteiger partial charge < -0.3 is 5.11 Å². The molecule has 1 aromatic carbocycles. The fourth-order valence-electron chi connectivity index (χ4n) is 1.84. The number of hydrogen-bond acceptors (Lipinski definition) is 1. The predicted molar refractivity (Wildman–Crippen MR) is 49.0 cm³/mol. The van der Waals surface area contributed by atoms with Gasteiger partial charge in [0, 0.05) is 6.61 Å². The third-order valence-corrected chi connectivity index (χ3v) is 2.65. The Morgan fingerprint density at radius 1 is 1.25 bits per heavy atom. The Morgan fingerprint density at radius 2 is 2.00 bits per heavy atom. The zero-order chi connectivity index (χ0) is 8.39. The van der Waals surface area contributed by atoms with Gasteiger partial charge in [-0.05, 0) is 30.2 Å². The molecule has 1 nitrogen and oxygen atoms in total. The maximum absolute atomic E-state index is 8.74. The smallest absolute Gasteiger partial charge is 0.0433 e. The summed E-state index contributed by atoms with van der Waals surface area (Å²) in [5, 5.41) is 8.74. The Kier molecular flexibility index (Phi) is 2.13. The topological polar surface area (TPSA) is 20.2 Å². The highest BCUT2D eigenvalue weighted by Crippen LogP contribution is 2.49. The normalized spacial score (nSPS) is 27.1. The van der Waals surface area contributed by atoms with Crippen LogP contribution in [0.15, 0.2) is 30.3 Å². The standard InChI is InChI=1S/C11H14O/c12-7-6-10-8-11(10)9-4-2-1-3-5-9/h1-5,10-12H,6-8H2/t10-,11+/m0/s1. The highest BCUT2D eigenvalue weighted by molar-refractivity contribution is 5.25. The van der Waals surface area contributed by atoms with E-state index < -0.39 is 0 Å². The van der Waals surface area contributed by atoms with Crippen molar-refractivity contribution in [2.75, 3.05) is 6.61 Å². The Bertz CT molecular complexity index is 242. The van der Waals surface area contributed by atoms with E-state index in [1.54, 1.807) is 0 Å². The van der Waals surface area contributed by atoms with Crippen molar-refractivity contribution in [2.24, 2.45) is 5.92 Å². The SMILES string of the molecule is OCC[C@H]1C[C@@H]1c1ccccc1. The molecule has 1 saturated carbocycles. The first-order chi connectivity index (χ1) is 5.92. The van der Waals surface area contributed by atoms with Crippen LogP contribution in [-0.2, 0) is 0 Å². The molecule has 1 fully saturated rings. The van der Waals surface area contributed by atoms with Gasteiger partial charge in [-0.2, -0.15) is 0 Å².